The van der Waals surface area contributed by atoms with Gasteiger partial charge in [0.05, 0.1) is 25.4 Å². The number of ether oxygens (including phenoxy) is 3. The molecule has 0 aromatic heterocycles. The first kappa shape index (κ1) is 19.0. The molecule has 156 valence electrons. The van der Waals surface area contributed by atoms with Crippen LogP contribution in [0.15, 0.2) is 48.5 Å². The summed E-state index contributed by atoms with van der Waals surface area (Å²) in [6.45, 7) is 5.87. The van der Waals surface area contributed by atoms with Crippen molar-refractivity contribution in [2.45, 2.75) is 49.7 Å². The molecule has 2 heterocycles. The lowest BCUT2D eigenvalue weighted by Gasteiger charge is -2.33. The number of cyclic esters (lactones) is 1. The van der Waals surface area contributed by atoms with E-state index in [0.29, 0.717) is 18.8 Å². The van der Waals surface area contributed by atoms with Crippen LogP contribution in [-0.4, -0.2) is 37.4 Å². The molecule has 5 rings (SSSR count). The van der Waals surface area contributed by atoms with Crippen molar-refractivity contribution in [3.63, 3.8) is 0 Å². The zero-order valence-electron chi connectivity index (χ0n) is 17.6. The molecule has 2 fully saturated rings. The molecule has 1 spiro atoms. The number of methoxy groups -OCH3 is 1. The summed E-state index contributed by atoms with van der Waals surface area (Å²) in [6, 6.07) is 14.9. The molecule has 0 unspecified atom stereocenters. The van der Waals surface area contributed by atoms with Gasteiger partial charge in [-0.05, 0) is 56.5 Å². The summed E-state index contributed by atoms with van der Waals surface area (Å²) in [6.07, 6.45) is 0.220. The summed E-state index contributed by atoms with van der Waals surface area (Å²) in [7, 11) is 1.61. The van der Waals surface area contributed by atoms with Gasteiger partial charge in [0.25, 0.3) is 0 Å². The largest absolute Gasteiger partial charge is 0.497 e. The Morgan fingerprint density at radius 3 is 2.50 bits per heavy atom. The van der Waals surface area contributed by atoms with E-state index in [1.165, 1.54) is 0 Å². The Kier molecular flexibility index (Phi) is 3.79. The van der Waals surface area contributed by atoms with Crippen molar-refractivity contribution in [2.75, 3.05) is 18.6 Å². The summed E-state index contributed by atoms with van der Waals surface area (Å²) in [5.74, 6) is 0.426. The summed E-state index contributed by atoms with van der Waals surface area (Å²) in [5.41, 5.74) is 0.563. The van der Waals surface area contributed by atoms with Gasteiger partial charge in [-0.1, -0.05) is 30.3 Å². The Morgan fingerprint density at radius 1 is 1.13 bits per heavy atom. The van der Waals surface area contributed by atoms with E-state index in [4.69, 9.17) is 14.2 Å². The minimum atomic E-state index is -0.942. The van der Waals surface area contributed by atoms with Gasteiger partial charge in [0, 0.05) is 5.41 Å². The minimum absolute atomic E-state index is 0.285. The number of hydrogen-bond acceptors (Lipinski definition) is 5. The highest BCUT2D eigenvalue weighted by Gasteiger charge is 2.89. The number of carbonyl (C=O) groups is 2. The molecular formula is C24H25NO5. The molecule has 6 nitrogen and oxygen atoms in total. The van der Waals surface area contributed by atoms with Gasteiger partial charge in [-0.25, -0.2) is 4.79 Å². The van der Waals surface area contributed by atoms with Gasteiger partial charge in [-0.15, -0.1) is 0 Å². The molecule has 6 heteroatoms. The quantitative estimate of drug-likeness (QED) is 0.705. The van der Waals surface area contributed by atoms with Gasteiger partial charge in [-0.3, -0.25) is 9.69 Å². The molecule has 0 radical (unpaired) electrons. The van der Waals surface area contributed by atoms with Crippen LogP contribution in [0.3, 0.4) is 0 Å². The Balaban J connectivity index is 1.70. The van der Waals surface area contributed by atoms with Crippen molar-refractivity contribution in [1.29, 1.82) is 0 Å². The molecule has 0 N–H and O–H groups in total. The second-order valence-corrected chi connectivity index (χ2v) is 9.16. The number of benzene rings is 2. The van der Waals surface area contributed by atoms with Crippen LogP contribution in [-0.2, 0) is 25.1 Å². The summed E-state index contributed by atoms with van der Waals surface area (Å²) >= 11 is 0. The number of fused-ring (bicyclic) bond motifs is 2. The highest BCUT2D eigenvalue weighted by atomic mass is 16.6. The third-order valence-corrected chi connectivity index (χ3v) is 6.59. The Labute approximate surface area is 175 Å². The van der Waals surface area contributed by atoms with Crippen molar-refractivity contribution in [1.82, 2.24) is 0 Å². The van der Waals surface area contributed by atoms with Crippen molar-refractivity contribution in [2.24, 2.45) is 0 Å². The first-order valence-electron chi connectivity index (χ1n) is 10.2. The van der Waals surface area contributed by atoms with Crippen molar-refractivity contribution in [3.05, 3.63) is 59.7 Å². The van der Waals surface area contributed by atoms with Gasteiger partial charge >= 0.3 is 12.1 Å². The van der Waals surface area contributed by atoms with Gasteiger partial charge in [0.15, 0.2) is 0 Å². The molecule has 2 aromatic carbocycles. The number of carbonyl (C=O) groups excluding carboxylic acids is 2. The first-order valence-corrected chi connectivity index (χ1v) is 10.2. The molecule has 1 amide bonds. The molecular weight excluding hydrogens is 382 g/mol. The number of para-hydroxylation sites is 1. The fourth-order valence-electron chi connectivity index (χ4n) is 5.57. The normalized spacial score (nSPS) is 28.7. The van der Waals surface area contributed by atoms with Crippen LogP contribution in [0.1, 0.15) is 38.3 Å². The second-order valence-electron chi connectivity index (χ2n) is 9.16. The van der Waals surface area contributed by atoms with E-state index in [0.717, 1.165) is 16.8 Å². The highest BCUT2D eigenvalue weighted by molar-refractivity contribution is 6.06. The molecule has 30 heavy (non-hydrogen) atoms. The summed E-state index contributed by atoms with van der Waals surface area (Å²) < 4.78 is 16.6. The molecule has 1 saturated heterocycles. The standard InChI is InChI=1S/C24H25NO5/c1-22(2,3)30-21(27)25-18-8-6-5-7-17(18)23-13-14-29-20(26)24(23,19(23)25)15-9-11-16(28-4)12-10-15/h5-12,19H,13-14H2,1-4H3/t19-,23+,24-/m0/s1. The topological polar surface area (TPSA) is 65.1 Å². The lowest BCUT2D eigenvalue weighted by molar-refractivity contribution is -0.151. The first-order chi connectivity index (χ1) is 14.3. The maximum atomic E-state index is 13.4. The molecule has 1 saturated carbocycles. The fourth-order valence-corrected chi connectivity index (χ4v) is 5.57. The van der Waals surface area contributed by atoms with Crippen LogP contribution in [0.25, 0.3) is 0 Å². The van der Waals surface area contributed by atoms with Gasteiger partial charge in [0.1, 0.15) is 16.8 Å². The lowest BCUT2D eigenvalue weighted by atomic mass is 9.77. The Morgan fingerprint density at radius 2 is 1.83 bits per heavy atom. The Hall–Kier alpha value is -3.02. The number of nitrogens with zero attached hydrogens (tertiary/aromatic N) is 1. The average molecular weight is 407 g/mol. The molecule has 3 aliphatic rings. The van der Waals surface area contributed by atoms with E-state index >= 15 is 0 Å². The zero-order valence-corrected chi connectivity index (χ0v) is 17.6. The van der Waals surface area contributed by atoms with Gasteiger partial charge < -0.3 is 14.2 Å². The summed E-state index contributed by atoms with van der Waals surface area (Å²) in [5, 5.41) is 0. The summed E-state index contributed by atoms with van der Waals surface area (Å²) in [4.78, 5) is 28.3. The molecule has 1 aliphatic carbocycles. The van der Waals surface area contributed by atoms with Crippen molar-refractivity contribution < 1.29 is 23.8 Å². The van der Waals surface area contributed by atoms with Gasteiger partial charge in [-0.2, -0.15) is 0 Å². The van der Waals surface area contributed by atoms with E-state index in [1.54, 1.807) is 12.0 Å². The van der Waals surface area contributed by atoms with Crippen LogP contribution in [0, 0.1) is 0 Å². The number of esters is 1. The third kappa shape index (κ3) is 2.19. The van der Waals surface area contributed by atoms with E-state index in [1.807, 2.05) is 69.3 Å². The van der Waals surface area contributed by atoms with Crippen LogP contribution in [0.4, 0.5) is 10.5 Å². The molecule has 3 atom stereocenters. The third-order valence-electron chi connectivity index (χ3n) is 6.59. The van der Waals surface area contributed by atoms with Crippen LogP contribution in [0.5, 0.6) is 5.75 Å². The number of hydrogen-bond donors (Lipinski definition) is 0. The predicted octanol–water partition coefficient (Wildman–Crippen LogP) is 3.96. The smallest absolute Gasteiger partial charge is 0.415 e. The molecule has 2 aromatic rings. The minimum Gasteiger partial charge on any atom is -0.497 e. The zero-order chi connectivity index (χ0) is 21.3. The maximum Gasteiger partial charge on any atom is 0.415 e. The van der Waals surface area contributed by atoms with Crippen molar-refractivity contribution >= 4 is 17.7 Å². The SMILES string of the molecule is COc1ccc([C@]23C(=O)OCC[C@]24c2ccccc2N(C(=O)OC(C)(C)C)[C@H]34)cc1. The fraction of sp³-hybridized carbons (Fsp3) is 0.417. The number of rotatable bonds is 2. The highest BCUT2D eigenvalue weighted by Crippen LogP contribution is 2.76. The average Bonchev–Trinajstić information content (AvgIpc) is 3.23. The molecule has 0 bridgehead atoms. The van der Waals surface area contributed by atoms with E-state index < -0.39 is 22.5 Å². The van der Waals surface area contributed by atoms with E-state index in [-0.39, 0.29) is 12.0 Å². The van der Waals surface area contributed by atoms with Crippen LogP contribution >= 0.6 is 0 Å². The number of anilines is 1. The van der Waals surface area contributed by atoms with E-state index in [9.17, 15) is 9.59 Å². The monoisotopic (exact) mass is 407 g/mol. The maximum absolute atomic E-state index is 13.4. The second kappa shape index (κ2) is 6.00. The van der Waals surface area contributed by atoms with Crippen LogP contribution < -0.4 is 9.64 Å². The van der Waals surface area contributed by atoms with E-state index in [2.05, 4.69) is 0 Å². The lowest BCUT2D eigenvalue weighted by Crippen LogP contribution is -2.44. The van der Waals surface area contributed by atoms with Gasteiger partial charge in [0.2, 0.25) is 0 Å². The predicted molar refractivity (Wildman–Crippen MR) is 111 cm³/mol. The van der Waals surface area contributed by atoms with Crippen molar-refractivity contribution in [3.8, 4) is 5.75 Å². The number of amides is 1. The van der Waals surface area contributed by atoms with Crippen LogP contribution in [0.2, 0.25) is 0 Å². The Bertz CT molecular complexity index is 1040. The molecule has 2 aliphatic heterocycles.